The van der Waals surface area contributed by atoms with Crippen LogP contribution in [0.5, 0.6) is 11.5 Å². The summed E-state index contributed by atoms with van der Waals surface area (Å²) in [5.41, 5.74) is 5.62. The summed E-state index contributed by atoms with van der Waals surface area (Å²) in [6.07, 6.45) is 0. The third-order valence-electron chi connectivity index (χ3n) is 2.26. The smallest absolute Gasteiger partial charge is 0.271 e. The number of aromatic amines is 1. The Balaban J connectivity index is 2.61. The van der Waals surface area contributed by atoms with Crippen LogP contribution in [0.1, 0.15) is 10.5 Å². The maximum atomic E-state index is 11.1. The number of phenols is 1. The Morgan fingerprint density at radius 1 is 1.47 bits per heavy atom. The first-order valence-corrected chi connectivity index (χ1v) is 4.72. The molecule has 7 heteroatoms. The maximum absolute atomic E-state index is 11.1. The maximum Gasteiger partial charge on any atom is 0.271 e. The minimum absolute atomic E-state index is 0.0337. The lowest BCUT2D eigenvalue weighted by molar-refractivity contribution is 0.0996. The van der Waals surface area contributed by atoms with Crippen molar-refractivity contribution in [2.45, 2.75) is 0 Å². The van der Waals surface area contributed by atoms with Gasteiger partial charge >= 0.3 is 0 Å². The molecule has 0 saturated carbocycles. The number of benzene rings is 1. The minimum atomic E-state index is -0.726. The number of hydrogen-bond donors (Lipinski definition) is 3. The van der Waals surface area contributed by atoms with Crippen molar-refractivity contribution < 1.29 is 14.6 Å². The van der Waals surface area contributed by atoms with E-state index in [1.54, 1.807) is 18.2 Å². The van der Waals surface area contributed by atoms with E-state index in [4.69, 9.17) is 10.5 Å². The van der Waals surface area contributed by atoms with Gasteiger partial charge in [0.15, 0.2) is 17.2 Å². The number of aromatic nitrogens is 3. The van der Waals surface area contributed by atoms with Crippen LogP contribution in [0.4, 0.5) is 0 Å². The first-order chi connectivity index (χ1) is 8.15. The van der Waals surface area contributed by atoms with Gasteiger partial charge in [-0.2, -0.15) is 15.4 Å². The Morgan fingerprint density at radius 3 is 2.88 bits per heavy atom. The molecule has 0 spiro atoms. The number of nitrogens with one attached hydrogen (secondary N) is 1. The van der Waals surface area contributed by atoms with Gasteiger partial charge in [0.2, 0.25) is 0 Å². The van der Waals surface area contributed by atoms with Crippen LogP contribution in [0, 0.1) is 0 Å². The van der Waals surface area contributed by atoms with E-state index in [0.29, 0.717) is 5.56 Å². The first kappa shape index (κ1) is 10.9. The van der Waals surface area contributed by atoms with E-state index in [1.165, 1.54) is 7.11 Å². The van der Waals surface area contributed by atoms with Crippen LogP contribution in [-0.4, -0.2) is 33.5 Å². The van der Waals surface area contributed by atoms with Gasteiger partial charge < -0.3 is 15.6 Å². The van der Waals surface area contributed by atoms with Gasteiger partial charge in [0.05, 0.1) is 12.7 Å². The summed E-state index contributed by atoms with van der Waals surface area (Å²) in [6.45, 7) is 0. The Labute approximate surface area is 96.2 Å². The summed E-state index contributed by atoms with van der Waals surface area (Å²) in [6, 6.07) is 4.83. The highest BCUT2D eigenvalue weighted by Crippen LogP contribution is 2.36. The number of phenolic OH excluding ortho intramolecular Hbond substituents is 1. The second-order valence-corrected chi connectivity index (χ2v) is 3.24. The molecule has 0 aliphatic rings. The Morgan fingerprint density at radius 2 is 2.24 bits per heavy atom. The molecule has 4 N–H and O–H groups in total. The van der Waals surface area contributed by atoms with Crippen LogP contribution < -0.4 is 10.5 Å². The van der Waals surface area contributed by atoms with Crippen molar-refractivity contribution in [3.8, 4) is 22.8 Å². The number of nitrogens with zero attached hydrogens (tertiary/aromatic N) is 2. The molecular weight excluding hydrogens is 224 g/mol. The predicted octanol–water partition coefficient (Wildman–Crippen LogP) is 0.285. The number of aromatic hydroxyl groups is 1. The lowest BCUT2D eigenvalue weighted by Gasteiger charge is -2.06. The van der Waals surface area contributed by atoms with Crippen molar-refractivity contribution in [2.75, 3.05) is 7.11 Å². The van der Waals surface area contributed by atoms with Gasteiger partial charge in [-0.25, -0.2) is 0 Å². The number of nitrogens with two attached hydrogens (primary N) is 1. The monoisotopic (exact) mass is 234 g/mol. The van der Waals surface area contributed by atoms with E-state index in [0.717, 1.165) is 0 Å². The molecule has 1 aromatic carbocycles. The number of para-hydroxylation sites is 1. The standard InChI is InChI=1S/C10H10N4O3/c1-17-6-4-2-3-5(9(6)15)7-8(10(11)16)13-14-12-7/h2-4,15H,1H3,(H2,11,16)(H,12,13,14). The van der Waals surface area contributed by atoms with Crippen LogP contribution >= 0.6 is 0 Å². The van der Waals surface area contributed by atoms with Gasteiger partial charge in [-0.1, -0.05) is 6.07 Å². The van der Waals surface area contributed by atoms with Crippen LogP contribution in [0.3, 0.4) is 0 Å². The van der Waals surface area contributed by atoms with Gasteiger partial charge in [0.1, 0.15) is 5.69 Å². The Bertz CT molecular complexity index is 564. The summed E-state index contributed by atoms with van der Waals surface area (Å²) in [4.78, 5) is 11.1. The molecule has 88 valence electrons. The molecule has 0 bridgehead atoms. The Kier molecular flexibility index (Phi) is 2.65. The fourth-order valence-corrected chi connectivity index (χ4v) is 1.47. The molecule has 17 heavy (non-hydrogen) atoms. The SMILES string of the molecule is COc1cccc(-c2n[nH]nc2C(N)=O)c1O. The average Bonchev–Trinajstić information content (AvgIpc) is 2.78. The summed E-state index contributed by atoms with van der Waals surface area (Å²) >= 11 is 0. The molecule has 7 nitrogen and oxygen atoms in total. The fourth-order valence-electron chi connectivity index (χ4n) is 1.47. The van der Waals surface area contributed by atoms with E-state index < -0.39 is 5.91 Å². The van der Waals surface area contributed by atoms with Crippen LogP contribution in [0.2, 0.25) is 0 Å². The molecule has 0 radical (unpaired) electrons. The molecule has 0 aliphatic carbocycles. The second-order valence-electron chi connectivity index (χ2n) is 3.24. The third-order valence-corrected chi connectivity index (χ3v) is 2.26. The van der Waals surface area contributed by atoms with E-state index in [9.17, 15) is 9.90 Å². The molecule has 0 saturated heterocycles. The number of amides is 1. The molecule has 1 heterocycles. The summed E-state index contributed by atoms with van der Waals surface area (Å²) < 4.78 is 4.96. The van der Waals surface area contributed by atoms with Gasteiger partial charge in [-0.05, 0) is 12.1 Å². The molecule has 0 unspecified atom stereocenters. The highest BCUT2D eigenvalue weighted by molar-refractivity contribution is 5.97. The van der Waals surface area contributed by atoms with Gasteiger partial charge in [-0.3, -0.25) is 4.79 Å². The number of primary amides is 1. The van der Waals surface area contributed by atoms with Crippen molar-refractivity contribution in [2.24, 2.45) is 5.73 Å². The largest absolute Gasteiger partial charge is 0.504 e. The lowest BCUT2D eigenvalue weighted by atomic mass is 10.1. The zero-order chi connectivity index (χ0) is 12.4. The zero-order valence-electron chi connectivity index (χ0n) is 8.97. The minimum Gasteiger partial charge on any atom is -0.504 e. The molecule has 0 fully saturated rings. The van der Waals surface area contributed by atoms with Gasteiger partial charge in [0, 0.05) is 0 Å². The highest BCUT2D eigenvalue weighted by Gasteiger charge is 2.19. The van der Waals surface area contributed by atoms with Crippen LogP contribution in [0.25, 0.3) is 11.3 Å². The van der Waals surface area contributed by atoms with Gasteiger partial charge in [0.25, 0.3) is 5.91 Å². The topological polar surface area (TPSA) is 114 Å². The molecule has 1 aromatic heterocycles. The summed E-state index contributed by atoms with van der Waals surface area (Å²) in [7, 11) is 1.43. The number of H-pyrrole nitrogens is 1. The van der Waals surface area contributed by atoms with Crippen LogP contribution in [-0.2, 0) is 0 Å². The fraction of sp³-hybridized carbons (Fsp3) is 0.100. The molecule has 0 atom stereocenters. The predicted molar refractivity (Wildman–Crippen MR) is 58.6 cm³/mol. The number of hydrogen-bond acceptors (Lipinski definition) is 5. The zero-order valence-corrected chi connectivity index (χ0v) is 8.97. The molecule has 2 rings (SSSR count). The average molecular weight is 234 g/mol. The molecule has 1 amide bonds. The van der Waals surface area contributed by atoms with Crippen molar-refractivity contribution in [1.29, 1.82) is 0 Å². The van der Waals surface area contributed by atoms with Crippen molar-refractivity contribution >= 4 is 5.91 Å². The number of methoxy groups -OCH3 is 1. The van der Waals surface area contributed by atoms with E-state index in [2.05, 4.69) is 15.4 Å². The van der Waals surface area contributed by atoms with E-state index in [1.807, 2.05) is 0 Å². The van der Waals surface area contributed by atoms with E-state index in [-0.39, 0.29) is 22.9 Å². The van der Waals surface area contributed by atoms with Crippen molar-refractivity contribution in [3.63, 3.8) is 0 Å². The first-order valence-electron chi connectivity index (χ1n) is 4.72. The number of carbonyl (C=O) groups is 1. The van der Waals surface area contributed by atoms with E-state index >= 15 is 0 Å². The van der Waals surface area contributed by atoms with Gasteiger partial charge in [-0.15, -0.1) is 0 Å². The quantitative estimate of drug-likeness (QED) is 0.705. The van der Waals surface area contributed by atoms with Crippen LogP contribution in [0.15, 0.2) is 18.2 Å². The number of carbonyl (C=O) groups excluding carboxylic acids is 1. The second kappa shape index (κ2) is 4.12. The third kappa shape index (κ3) is 1.78. The normalized spacial score (nSPS) is 10.2. The highest BCUT2D eigenvalue weighted by atomic mass is 16.5. The lowest BCUT2D eigenvalue weighted by Crippen LogP contribution is -2.12. The molecule has 0 aliphatic heterocycles. The summed E-state index contributed by atoms with van der Waals surface area (Å²) in [5.74, 6) is -0.566. The van der Waals surface area contributed by atoms with Crippen molar-refractivity contribution in [1.82, 2.24) is 15.4 Å². The summed E-state index contributed by atoms with van der Waals surface area (Å²) in [5, 5.41) is 19.6. The number of ether oxygens (including phenoxy) is 1. The Hall–Kier alpha value is -2.57. The van der Waals surface area contributed by atoms with Crippen molar-refractivity contribution in [3.05, 3.63) is 23.9 Å². The number of rotatable bonds is 3. The molecule has 2 aromatic rings. The molecular formula is C10H10N4O3.